The van der Waals surface area contributed by atoms with E-state index in [2.05, 4.69) is 20.9 Å². The fraction of sp³-hybridized carbons (Fsp3) is 0.364. The zero-order valence-corrected chi connectivity index (χ0v) is 11.5. The average Bonchev–Trinajstić information content (AvgIpc) is 2.20. The summed E-state index contributed by atoms with van der Waals surface area (Å²) >= 11 is 3.46. The van der Waals surface area contributed by atoms with E-state index in [4.69, 9.17) is 0 Å². The summed E-state index contributed by atoms with van der Waals surface area (Å²) in [5, 5.41) is 11.2. The molecule has 3 nitrogen and oxygen atoms in total. The Kier molecular flexibility index (Phi) is 7.57. The monoisotopic (exact) mass is 276 g/mol. The van der Waals surface area contributed by atoms with Crippen molar-refractivity contribution in [3.05, 3.63) is 34.3 Å². The first-order valence-electron chi connectivity index (χ1n) is 4.73. The quantitative estimate of drug-likeness (QED) is 0.374. The summed E-state index contributed by atoms with van der Waals surface area (Å²) in [5.41, 5.74) is 1.17. The van der Waals surface area contributed by atoms with Gasteiger partial charge in [-0.15, -0.1) is 0 Å². The minimum Gasteiger partial charge on any atom is -0.846 e. The van der Waals surface area contributed by atoms with E-state index in [0.717, 1.165) is 10.9 Å². The van der Waals surface area contributed by atoms with Gasteiger partial charge in [-0.3, -0.25) is 4.99 Å². The second-order valence-corrected chi connectivity index (χ2v) is 4.25. The SMILES string of the molecule is CN(C)C([O-])=NCCc1ccccc1Br.[Li+]. The fourth-order valence-electron chi connectivity index (χ4n) is 1.11. The molecule has 0 bridgehead atoms. The van der Waals surface area contributed by atoms with Crippen LogP contribution in [0.5, 0.6) is 0 Å². The van der Waals surface area contributed by atoms with Gasteiger partial charge in [0, 0.05) is 31.1 Å². The van der Waals surface area contributed by atoms with Crippen molar-refractivity contribution >= 4 is 22.0 Å². The summed E-state index contributed by atoms with van der Waals surface area (Å²) in [7, 11) is 3.40. The molecule has 0 spiro atoms. The Bertz CT molecular complexity index is 356. The van der Waals surface area contributed by atoms with Gasteiger partial charge in [0.05, 0.1) is 0 Å². The Morgan fingerprint density at radius 1 is 1.38 bits per heavy atom. The number of halogens is 1. The van der Waals surface area contributed by atoms with Gasteiger partial charge in [-0.05, 0) is 18.1 Å². The van der Waals surface area contributed by atoms with Crippen molar-refractivity contribution in [1.82, 2.24) is 4.90 Å². The molecule has 0 amide bonds. The van der Waals surface area contributed by atoms with Gasteiger partial charge in [0.2, 0.25) is 0 Å². The van der Waals surface area contributed by atoms with Crippen LogP contribution < -0.4 is 24.0 Å². The summed E-state index contributed by atoms with van der Waals surface area (Å²) in [6.45, 7) is 0.527. The Balaban J connectivity index is 0.00000225. The molecule has 5 heteroatoms. The number of hydrogen-bond acceptors (Lipinski definition) is 2. The van der Waals surface area contributed by atoms with Gasteiger partial charge in [-0.2, -0.15) is 0 Å². The van der Waals surface area contributed by atoms with E-state index in [1.165, 1.54) is 10.5 Å². The molecule has 0 saturated heterocycles. The van der Waals surface area contributed by atoms with Crippen LogP contribution in [0, 0.1) is 0 Å². The van der Waals surface area contributed by atoms with E-state index in [1.807, 2.05) is 24.3 Å². The van der Waals surface area contributed by atoms with Gasteiger partial charge >= 0.3 is 18.9 Å². The molecule has 0 fully saturated rings. The van der Waals surface area contributed by atoms with Crippen LogP contribution in [0.15, 0.2) is 33.7 Å². The molecule has 0 radical (unpaired) electrons. The molecule has 0 N–H and O–H groups in total. The predicted octanol–water partition coefficient (Wildman–Crippen LogP) is -1.73. The second kappa shape index (κ2) is 7.78. The first-order chi connectivity index (χ1) is 7.11. The van der Waals surface area contributed by atoms with Crippen molar-refractivity contribution < 1.29 is 24.0 Å². The molecule has 82 valence electrons. The molecule has 1 rings (SSSR count). The maximum Gasteiger partial charge on any atom is 1.00 e. The molecule has 0 aliphatic rings. The molecule has 1 aromatic carbocycles. The zero-order chi connectivity index (χ0) is 11.3. The van der Waals surface area contributed by atoms with E-state index in [0.29, 0.717) is 6.54 Å². The molecular weight excluding hydrogens is 263 g/mol. The normalized spacial score (nSPS) is 10.8. The van der Waals surface area contributed by atoms with Gasteiger partial charge in [-0.25, -0.2) is 0 Å². The van der Waals surface area contributed by atoms with Crippen molar-refractivity contribution in [3.8, 4) is 0 Å². The molecule has 0 aliphatic carbocycles. The third-order valence-corrected chi connectivity index (χ3v) is 2.74. The van der Waals surface area contributed by atoms with Crippen LogP contribution >= 0.6 is 15.9 Å². The molecular formula is C11H14BrLiN2O. The van der Waals surface area contributed by atoms with Crippen LogP contribution in [-0.4, -0.2) is 31.6 Å². The molecule has 0 atom stereocenters. The number of rotatable bonds is 3. The van der Waals surface area contributed by atoms with Gasteiger partial charge in [0.15, 0.2) is 0 Å². The van der Waals surface area contributed by atoms with Crippen LogP contribution in [0.2, 0.25) is 0 Å². The number of amidine groups is 1. The van der Waals surface area contributed by atoms with Gasteiger partial charge in [-0.1, -0.05) is 34.1 Å². The van der Waals surface area contributed by atoms with Crippen molar-refractivity contribution in [1.29, 1.82) is 0 Å². The molecule has 16 heavy (non-hydrogen) atoms. The minimum absolute atomic E-state index is 0. The van der Waals surface area contributed by atoms with Gasteiger partial charge in [0.25, 0.3) is 0 Å². The van der Waals surface area contributed by atoms with Crippen LogP contribution in [0.4, 0.5) is 0 Å². The topological polar surface area (TPSA) is 38.7 Å². The van der Waals surface area contributed by atoms with E-state index in [1.54, 1.807) is 14.1 Å². The average molecular weight is 277 g/mol. The fourth-order valence-corrected chi connectivity index (χ4v) is 1.60. The standard InChI is InChI=1S/C11H15BrN2O.Li/c1-14(2)11(15)13-8-7-9-5-3-4-6-10(9)12;/h3-6H,7-8H2,1-2H3,(H,13,15);/q;+1/p-1. The molecule has 0 saturated carbocycles. The van der Waals surface area contributed by atoms with Crippen molar-refractivity contribution in [2.45, 2.75) is 6.42 Å². The van der Waals surface area contributed by atoms with Crippen LogP contribution in [-0.2, 0) is 6.42 Å². The van der Waals surface area contributed by atoms with E-state index < -0.39 is 0 Å². The third-order valence-electron chi connectivity index (χ3n) is 1.97. The first-order valence-corrected chi connectivity index (χ1v) is 5.52. The molecule has 0 heterocycles. The first kappa shape index (κ1) is 15.6. The third kappa shape index (κ3) is 5.07. The van der Waals surface area contributed by atoms with Crippen LogP contribution in [0.1, 0.15) is 5.56 Å². The Morgan fingerprint density at radius 3 is 2.56 bits per heavy atom. The molecule has 0 aliphatic heterocycles. The number of benzene rings is 1. The van der Waals surface area contributed by atoms with E-state index in [-0.39, 0.29) is 24.9 Å². The summed E-state index contributed by atoms with van der Waals surface area (Å²) in [5.74, 6) is 0. The second-order valence-electron chi connectivity index (χ2n) is 3.40. The van der Waals surface area contributed by atoms with Crippen molar-refractivity contribution in [3.63, 3.8) is 0 Å². The summed E-state index contributed by atoms with van der Waals surface area (Å²) < 4.78 is 1.07. The predicted molar refractivity (Wildman–Crippen MR) is 63.8 cm³/mol. The van der Waals surface area contributed by atoms with E-state index >= 15 is 0 Å². The minimum atomic E-state index is -0.179. The molecule has 0 aromatic heterocycles. The summed E-state index contributed by atoms with van der Waals surface area (Å²) in [6.07, 6.45) is 0.779. The number of nitrogens with zero attached hydrogens (tertiary/aromatic N) is 2. The Hall–Kier alpha value is -0.433. The Morgan fingerprint density at radius 2 is 2.00 bits per heavy atom. The molecule has 0 unspecified atom stereocenters. The van der Waals surface area contributed by atoms with Crippen molar-refractivity contribution in [2.24, 2.45) is 4.99 Å². The zero-order valence-electron chi connectivity index (χ0n) is 9.90. The van der Waals surface area contributed by atoms with Crippen LogP contribution in [0.25, 0.3) is 0 Å². The summed E-state index contributed by atoms with van der Waals surface area (Å²) in [6, 6.07) is 7.79. The maximum absolute atomic E-state index is 11.2. The maximum atomic E-state index is 11.2. The smallest absolute Gasteiger partial charge is 0.846 e. The van der Waals surface area contributed by atoms with Gasteiger partial charge in [0.1, 0.15) is 0 Å². The number of hydrogen-bond donors (Lipinski definition) is 0. The van der Waals surface area contributed by atoms with Gasteiger partial charge < -0.3 is 10.0 Å². The Labute approximate surface area is 117 Å². The van der Waals surface area contributed by atoms with Crippen molar-refractivity contribution in [2.75, 3.05) is 20.6 Å². The summed E-state index contributed by atoms with van der Waals surface area (Å²) in [4.78, 5) is 5.40. The number of aliphatic imine (C=N–C) groups is 1. The van der Waals surface area contributed by atoms with Crippen LogP contribution in [0.3, 0.4) is 0 Å². The molecule has 1 aromatic rings. The van der Waals surface area contributed by atoms with E-state index in [9.17, 15) is 5.11 Å². The largest absolute Gasteiger partial charge is 1.00 e.